The lowest BCUT2D eigenvalue weighted by molar-refractivity contribution is 0.295. The molecule has 80 valence electrons. The molecule has 0 aromatic carbocycles. The lowest BCUT2D eigenvalue weighted by Gasteiger charge is -2.11. The molecule has 0 fully saturated rings. The van der Waals surface area contributed by atoms with Crippen molar-refractivity contribution in [2.24, 2.45) is 5.92 Å². The van der Waals surface area contributed by atoms with Gasteiger partial charge in [-0.25, -0.2) is 0 Å². The molecule has 14 heavy (non-hydrogen) atoms. The van der Waals surface area contributed by atoms with Crippen LogP contribution in [0.3, 0.4) is 0 Å². The maximum atomic E-state index is 5.60. The fourth-order valence-corrected chi connectivity index (χ4v) is 2.19. The van der Waals surface area contributed by atoms with Crippen LogP contribution < -0.4 is 4.74 Å². The second-order valence-corrected chi connectivity index (χ2v) is 4.52. The Hall–Kier alpha value is -0.500. The van der Waals surface area contributed by atoms with E-state index in [1.165, 1.54) is 25.7 Å². The third-order valence-corrected chi connectivity index (χ3v) is 3.43. The Balaban J connectivity index is 2.04. The minimum Gasteiger partial charge on any atom is -0.484 e. The Morgan fingerprint density at radius 2 is 2.14 bits per heavy atom. The van der Waals surface area contributed by atoms with Gasteiger partial charge in [-0.15, -0.1) is 11.3 Å². The summed E-state index contributed by atoms with van der Waals surface area (Å²) in [5.41, 5.74) is 0. The zero-order valence-electron chi connectivity index (χ0n) is 9.16. The highest BCUT2D eigenvalue weighted by Crippen LogP contribution is 2.19. The molecule has 0 aliphatic rings. The molecule has 1 heterocycles. The van der Waals surface area contributed by atoms with E-state index in [2.05, 4.69) is 19.2 Å². The van der Waals surface area contributed by atoms with Crippen LogP contribution in [0.4, 0.5) is 0 Å². The first-order chi connectivity index (χ1) is 6.86. The first-order valence-electron chi connectivity index (χ1n) is 5.53. The quantitative estimate of drug-likeness (QED) is 0.611. The second-order valence-electron chi connectivity index (χ2n) is 3.61. The van der Waals surface area contributed by atoms with Gasteiger partial charge in [0.25, 0.3) is 0 Å². The Bertz CT molecular complexity index is 214. The molecule has 1 aromatic heterocycles. The molecule has 0 bridgehead atoms. The van der Waals surface area contributed by atoms with Crippen LogP contribution in [0, 0.1) is 5.92 Å². The number of thiophene rings is 1. The van der Waals surface area contributed by atoms with E-state index in [-0.39, 0.29) is 0 Å². The van der Waals surface area contributed by atoms with Crippen LogP contribution in [-0.2, 0) is 0 Å². The molecule has 2 heteroatoms. The monoisotopic (exact) mass is 212 g/mol. The number of ether oxygens (including phenoxy) is 1. The summed E-state index contributed by atoms with van der Waals surface area (Å²) in [4.78, 5) is 0. The third-order valence-electron chi connectivity index (χ3n) is 2.65. The normalized spacial score (nSPS) is 10.8. The molecule has 0 saturated heterocycles. The second kappa shape index (κ2) is 6.88. The molecule has 1 nitrogen and oxygen atoms in total. The summed E-state index contributed by atoms with van der Waals surface area (Å²) in [7, 11) is 0. The molecule has 0 unspecified atom stereocenters. The van der Waals surface area contributed by atoms with Crippen LogP contribution in [0.2, 0.25) is 0 Å². The standard InChI is InChI=1S/C12H20OS/c1-3-11(4-2)7-5-9-13-12-8-6-10-14-12/h6,8,10-11H,3-5,7,9H2,1-2H3. The highest BCUT2D eigenvalue weighted by molar-refractivity contribution is 7.11. The Labute approximate surface area is 91.1 Å². The molecule has 0 aliphatic heterocycles. The van der Waals surface area contributed by atoms with Crippen molar-refractivity contribution < 1.29 is 4.74 Å². The molecular weight excluding hydrogens is 192 g/mol. The third kappa shape index (κ3) is 4.14. The first-order valence-corrected chi connectivity index (χ1v) is 6.41. The van der Waals surface area contributed by atoms with E-state index in [1.54, 1.807) is 11.3 Å². The molecule has 0 saturated carbocycles. The van der Waals surface area contributed by atoms with Crippen molar-refractivity contribution in [3.8, 4) is 5.06 Å². The van der Waals surface area contributed by atoms with Crippen molar-refractivity contribution in [2.45, 2.75) is 39.5 Å². The van der Waals surface area contributed by atoms with E-state index in [0.29, 0.717) is 0 Å². The summed E-state index contributed by atoms with van der Waals surface area (Å²) in [6, 6.07) is 4.06. The van der Waals surface area contributed by atoms with Crippen LogP contribution in [0.25, 0.3) is 0 Å². The van der Waals surface area contributed by atoms with Crippen molar-refractivity contribution in [1.82, 2.24) is 0 Å². The van der Waals surface area contributed by atoms with E-state index in [9.17, 15) is 0 Å². The van der Waals surface area contributed by atoms with E-state index in [1.807, 2.05) is 12.1 Å². The molecule has 1 aromatic rings. The summed E-state index contributed by atoms with van der Waals surface area (Å²) in [6.45, 7) is 5.42. The van der Waals surface area contributed by atoms with Gasteiger partial charge in [-0.3, -0.25) is 0 Å². The number of rotatable bonds is 7. The molecule has 0 atom stereocenters. The Morgan fingerprint density at radius 3 is 2.71 bits per heavy atom. The van der Waals surface area contributed by atoms with Gasteiger partial charge in [0.2, 0.25) is 0 Å². The Morgan fingerprint density at radius 1 is 1.36 bits per heavy atom. The van der Waals surface area contributed by atoms with Crippen LogP contribution in [0.15, 0.2) is 17.5 Å². The van der Waals surface area contributed by atoms with Gasteiger partial charge in [-0.1, -0.05) is 26.7 Å². The lowest BCUT2D eigenvalue weighted by Crippen LogP contribution is -2.02. The highest BCUT2D eigenvalue weighted by atomic mass is 32.1. The average Bonchev–Trinajstić information content (AvgIpc) is 2.71. The van der Waals surface area contributed by atoms with Crippen molar-refractivity contribution in [3.05, 3.63) is 17.5 Å². The molecule has 0 radical (unpaired) electrons. The highest BCUT2D eigenvalue weighted by Gasteiger charge is 2.02. The maximum absolute atomic E-state index is 5.60. The summed E-state index contributed by atoms with van der Waals surface area (Å²) in [5, 5.41) is 3.10. The number of hydrogen-bond donors (Lipinski definition) is 0. The zero-order chi connectivity index (χ0) is 10.2. The van der Waals surface area contributed by atoms with Crippen LogP contribution in [0.1, 0.15) is 39.5 Å². The maximum Gasteiger partial charge on any atom is 0.173 e. The predicted molar refractivity (Wildman–Crippen MR) is 63.1 cm³/mol. The first kappa shape index (κ1) is 11.6. The molecular formula is C12H20OS. The minimum atomic E-state index is 0.872. The van der Waals surface area contributed by atoms with Gasteiger partial charge >= 0.3 is 0 Å². The van der Waals surface area contributed by atoms with E-state index in [0.717, 1.165) is 17.6 Å². The fraction of sp³-hybridized carbons (Fsp3) is 0.667. The van der Waals surface area contributed by atoms with Gasteiger partial charge in [0.05, 0.1) is 6.61 Å². The molecule has 0 aliphatic carbocycles. The summed E-state index contributed by atoms with van der Waals surface area (Å²) < 4.78 is 5.60. The molecule has 0 N–H and O–H groups in total. The van der Waals surface area contributed by atoms with Gasteiger partial charge in [-0.05, 0) is 36.3 Å². The van der Waals surface area contributed by atoms with Crippen molar-refractivity contribution >= 4 is 11.3 Å². The van der Waals surface area contributed by atoms with Gasteiger partial charge in [0.15, 0.2) is 5.06 Å². The van der Waals surface area contributed by atoms with E-state index in [4.69, 9.17) is 4.74 Å². The molecule has 0 amide bonds. The van der Waals surface area contributed by atoms with Gasteiger partial charge in [0, 0.05) is 0 Å². The van der Waals surface area contributed by atoms with Crippen molar-refractivity contribution in [1.29, 1.82) is 0 Å². The molecule has 1 rings (SSSR count). The van der Waals surface area contributed by atoms with Crippen LogP contribution in [-0.4, -0.2) is 6.61 Å². The Kier molecular flexibility index (Phi) is 5.69. The largest absolute Gasteiger partial charge is 0.484 e. The summed E-state index contributed by atoms with van der Waals surface area (Å²) in [5.74, 6) is 0.891. The zero-order valence-corrected chi connectivity index (χ0v) is 9.98. The van der Waals surface area contributed by atoms with Crippen LogP contribution in [0.5, 0.6) is 5.06 Å². The smallest absolute Gasteiger partial charge is 0.173 e. The van der Waals surface area contributed by atoms with E-state index < -0.39 is 0 Å². The van der Waals surface area contributed by atoms with Crippen molar-refractivity contribution in [3.63, 3.8) is 0 Å². The van der Waals surface area contributed by atoms with Gasteiger partial charge in [-0.2, -0.15) is 0 Å². The lowest BCUT2D eigenvalue weighted by atomic mass is 9.98. The van der Waals surface area contributed by atoms with E-state index >= 15 is 0 Å². The average molecular weight is 212 g/mol. The summed E-state index contributed by atoms with van der Waals surface area (Å²) >= 11 is 1.67. The topological polar surface area (TPSA) is 9.23 Å². The summed E-state index contributed by atoms with van der Waals surface area (Å²) in [6.07, 6.45) is 5.09. The minimum absolute atomic E-state index is 0.872. The van der Waals surface area contributed by atoms with Crippen molar-refractivity contribution in [2.75, 3.05) is 6.61 Å². The molecule has 0 spiro atoms. The van der Waals surface area contributed by atoms with Gasteiger partial charge in [0.1, 0.15) is 0 Å². The van der Waals surface area contributed by atoms with Gasteiger partial charge < -0.3 is 4.74 Å². The predicted octanol–water partition coefficient (Wildman–Crippen LogP) is 4.34. The van der Waals surface area contributed by atoms with Crippen LogP contribution >= 0.6 is 11.3 Å². The fourth-order valence-electron chi connectivity index (χ4n) is 1.59. The SMILES string of the molecule is CCC(CC)CCCOc1cccs1. The number of hydrogen-bond acceptors (Lipinski definition) is 2.